The molecule has 4 N–H and O–H groups in total. The lowest BCUT2D eigenvalue weighted by molar-refractivity contribution is 0.628. The number of aromatic nitrogens is 3. The van der Waals surface area contributed by atoms with Crippen molar-refractivity contribution in [2.75, 3.05) is 16.4 Å². The third-order valence-electron chi connectivity index (χ3n) is 3.05. The Morgan fingerprint density at radius 3 is 2.48 bits per heavy atom. The number of hydrogen-bond acceptors (Lipinski definition) is 6. The van der Waals surface area contributed by atoms with Crippen LogP contribution in [0.3, 0.4) is 0 Å². The van der Waals surface area contributed by atoms with Crippen LogP contribution < -0.4 is 16.4 Å². The van der Waals surface area contributed by atoms with E-state index in [9.17, 15) is 4.39 Å². The van der Waals surface area contributed by atoms with Gasteiger partial charge in [0.1, 0.15) is 35.4 Å². The fourth-order valence-corrected chi connectivity index (χ4v) is 2.23. The Balaban J connectivity index is 2.19. The lowest BCUT2D eigenvalue weighted by atomic mass is 10.2. The minimum atomic E-state index is -0.516. The molecule has 8 heteroatoms. The predicted molar refractivity (Wildman–Crippen MR) is 88.3 cm³/mol. The highest BCUT2D eigenvalue weighted by Gasteiger charge is 2.17. The van der Waals surface area contributed by atoms with Crippen molar-refractivity contribution >= 4 is 40.6 Å². The highest BCUT2D eigenvalue weighted by atomic mass is 35.5. The fourth-order valence-electron chi connectivity index (χ4n) is 2.05. The molecule has 6 nitrogen and oxygen atoms in total. The Morgan fingerprint density at radius 1 is 0.957 bits per heavy atom. The SMILES string of the molecule is Nc1cc(N(c2ccc(F)c(Cl)c2)c2cccc(N)n2)ncn1. The molecular formula is C15H12ClFN6. The number of nitrogens with zero attached hydrogens (tertiary/aromatic N) is 4. The number of nitrogens with two attached hydrogens (primary N) is 2. The first-order valence-electron chi connectivity index (χ1n) is 6.60. The summed E-state index contributed by atoms with van der Waals surface area (Å²) in [6.45, 7) is 0. The van der Waals surface area contributed by atoms with Crippen LogP contribution in [-0.4, -0.2) is 15.0 Å². The van der Waals surface area contributed by atoms with Crippen molar-refractivity contribution in [3.05, 3.63) is 59.6 Å². The summed E-state index contributed by atoms with van der Waals surface area (Å²) < 4.78 is 13.5. The summed E-state index contributed by atoms with van der Waals surface area (Å²) in [7, 11) is 0. The van der Waals surface area contributed by atoms with E-state index < -0.39 is 5.82 Å². The van der Waals surface area contributed by atoms with Gasteiger partial charge in [-0.1, -0.05) is 17.7 Å². The van der Waals surface area contributed by atoms with Crippen LogP contribution in [0.25, 0.3) is 0 Å². The Kier molecular flexibility index (Phi) is 3.94. The molecule has 2 heterocycles. The van der Waals surface area contributed by atoms with Gasteiger partial charge in [0.05, 0.1) is 10.7 Å². The summed E-state index contributed by atoms with van der Waals surface area (Å²) in [6.07, 6.45) is 1.33. The molecule has 0 unspecified atom stereocenters. The van der Waals surface area contributed by atoms with E-state index in [1.165, 1.54) is 18.5 Å². The van der Waals surface area contributed by atoms with E-state index in [0.717, 1.165) is 0 Å². The van der Waals surface area contributed by atoms with Crippen LogP contribution in [-0.2, 0) is 0 Å². The molecule has 116 valence electrons. The Morgan fingerprint density at radius 2 is 1.78 bits per heavy atom. The van der Waals surface area contributed by atoms with Gasteiger partial charge in [0.2, 0.25) is 0 Å². The summed E-state index contributed by atoms with van der Waals surface area (Å²) in [4.78, 5) is 14.0. The van der Waals surface area contributed by atoms with Crippen molar-refractivity contribution < 1.29 is 4.39 Å². The lowest BCUT2D eigenvalue weighted by Gasteiger charge is -2.23. The number of pyridine rings is 1. The van der Waals surface area contributed by atoms with Crippen LogP contribution in [0.2, 0.25) is 5.02 Å². The van der Waals surface area contributed by atoms with Crippen LogP contribution in [0.15, 0.2) is 48.8 Å². The zero-order valence-corrected chi connectivity index (χ0v) is 12.6. The summed E-state index contributed by atoms with van der Waals surface area (Å²) in [5.74, 6) is 1.06. The highest BCUT2D eigenvalue weighted by Crippen LogP contribution is 2.34. The van der Waals surface area contributed by atoms with Crippen molar-refractivity contribution in [3.63, 3.8) is 0 Å². The summed E-state index contributed by atoms with van der Waals surface area (Å²) >= 11 is 5.89. The molecule has 23 heavy (non-hydrogen) atoms. The monoisotopic (exact) mass is 330 g/mol. The molecule has 0 saturated carbocycles. The largest absolute Gasteiger partial charge is 0.384 e. The normalized spacial score (nSPS) is 10.5. The first kappa shape index (κ1) is 15.0. The van der Waals surface area contributed by atoms with E-state index in [0.29, 0.717) is 23.1 Å². The summed E-state index contributed by atoms with van der Waals surface area (Å²) in [6, 6.07) is 11.0. The number of rotatable bonds is 3. The Labute approximate surface area is 136 Å². The van der Waals surface area contributed by atoms with Crippen molar-refractivity contribution in [1.29, 1.82) is 0 Å². The summed E-state index contributed by atoms with van der Waals surface area (Å²) in [5, 5.41) is -0.0153. The zero-order chi connectivity index (χ0) is 16.4. The fraction of sp³-hybridized carbons (Fsp3) is 0. The lowest BCUT2D eigenvalue weighted by Crippen LogP contribution is -2.14. The molecule has 0 aliphatic carbocycles. The second-order valence-corrected chi connectivity index (χ2v) is 5.06. The molecule has 3 rings (SSSR count). The maximum atomic E-state index is 13.5. The minimum absolute atomic E-state index is 0.0153. The van der Waals surface area contributed by atoms with Gasteiger partial charge in [0.15, 0.2) is 0 Å². The molecule has 0 bridgehead atoms. The van der Waals surface area contributed by atoms with Crippen LogP contribution in [0.4, 0.5) is 33.3 Å². The summed E-state index contributed by atoms with van der Waals surface area (Å²) in [5.41, 5.74) is 12.0. The second kappa shape index (κ2) is 6.05. The van der Waals surface area contributed by atoms with Gasteiger partial charge in [-0.15, -0.1) is 0 Å². The number of anilines is 5. The predicted octanol–water partition coefficient (Wildman–Crippen LogP) is 3.30. The van der Waals surface area contributed by atoms with Crippen LogP contribution >= 0.6 is 11.6 Å². The van der Waals surface area contributed by atoms with Crippen LogP contribution in [0, 0.1) is 5.82 Å². The maximum absolute atomic E-state index is 13.5. The van der Waals surface area contributed by atoms with Crippen LogP contribution in [0.1, 0.15) is 0 Å². The molecule has 0 fully saturated rings. The molecule has 0 saturated heterocycles. The highest BCUT2D eigenvalue weighted by molar-refractivity contribution is 6.31. The molecule has 0 aliphatic heterocycles. The van der Waals surface area contributed by atoms with E-state index in [1.54, 1.807) is 35.2 Å². The maximum Gasteiger partial charge on any atom is 0.144 e. The number of halogens is 2. The molecule has 0 spiro atoms. The Bertz CT molecular complexity index is 811. The van der Waals surface area contributed by atoms with Gasteiger partial charge in [-0.05, 0) is 30.3 Å². The van der Waals surface area contributed by atoms with Gasteiger partial charge in [-0.25, -0.2) is 19.3 Å². The smallest absolute Gasteiger partial charge is 0.144 e. The van der Waals surface area contributed by atoms with Crippen molar-refractivity contribution in [3.8, 4) is 0 Å². The van der Waals surface area contributed by atoms with E-state index >= 15 is 0 Å². The minimum Gasteiger partial charge on any atom is -0.384 e. The van der Waals surface area contributed by atoms with E-state index in [4.69, 9.17) is 23.1 Å². The topological polar surface area (TPSA) is 94.0 Å². The number of nitrogen functional groups attached to an aromatic ring is 2. The molecule has 0 atom stereocenters. The standard InChI is InChI=1S/C15H12ClFN6/c16-10-6-9(4-5-11(10)17)23(14-3-1-2-12(18)22-14)15-7-13(19)20-8-21-15/h1-8H,(H2,18,22)(H2,19,20,21). The third-order valence-corrected chi connectivity index (χ3v) is 3.34. The third kappa shape index (κ3) is 3.14. The number of hydrogen-bond donors (Lipinski definition) is 2. The van der Waals surface area contributed by atoms with E-state index in [2.05, 4.69) is 15.0 Å². The van der Waals surface area contributed by atoms with Gasteiger partial charge in [-0.2, -0.15) is 0 Å². The van der Waals surface area contributed by atoms with Crippen molar-refractivity contribution in [1.82, 2.24) is 15.0 Å². The zero-order valence-electron chi connectivity index (χ0n) is 11.8. The first-order chi connectivity index (χ1) is 11.0. The molecule has 0 radical (unpaired) electrons. The Hall–Kier alpha value is -2.93. The molecule has 3 aromatic rings. The quantitative estimate of drug-likeness (QED) is 0.765. The van der Waals surface area contributed by atoms with Gasteiger partial charge in [0.25, 0.3) is 0 Å². The average Bonchev–Trinajstić information content (AvgIpc) is 2.51. The van der Waals surface area contributed by atoms with Gasteiger partial charge >= 0.3 is 0 Å². The molecule has 1 aromatic carbocycles. The molecule has 2 aromatic heterocycles. The van der Waals surface area contributed by atoms with E-state index in [-0.39, 0.29) is 10.8 Å². The number of benzene rings is 1. The van der Waals surface area contributed by atoms with Crippen LogP contribution in [0.5, 0.6) is 0 Å². The van der Waals surface area contributed by atoms with E-state index in [1.807, 2.05) is 0 Å². The second-order valence-electron chi connectivity index (χ2n) is 4.66. The molecule has 0 amide bonds. The molecule has 0 aliphatic rings. The van der Waals surface area contributed by atoms with Crippen molar-refractivity contribution in [2.45, 2.75) is 0 Å². The van der Waals surface area contributed by atoms with Gasteiger partial charge < -0.3 is 11.5 Å². The average molecular weight is 331 g/mol. The molecular weight excluding hydrogens is 319 g/mol. The van der Waals surface area contributed by atoms with Gasteiger partial charge in [0, 0.05) is 6.07 Å². The first-order valence-corrected chi connectivity index (χ1v) is 6.97. The van der Waals surface area contributed by atoms with Crippen molar-refractivity contribution in [2.24, 2.45) is 0 Å². The van der Waals surface area contributed by atoms with Gasteiger partial charge in [-0.3, -0.25) is 4.90 Å².